The first kappa shape index (κ1) is 24.8. The van der Waals surface area contributed by atoms with Crippen LogP contribution in [0.3, 0.4) is 0 Å². The number of nitrogens with zero attached hydrogens (tertiary/aromatic N) is 5. The van der Waals surface area contributed by atoms with Crippen LogP contribution in [0.15, 0.2) is 41.6 Å². The molecule has 3 aromatic heterocycles. The zero-order chi connectivity index (χ0) is 26.2. The average Bonchev–Trinajstić information content (AvgIpc) is 3.27. The molecule has 0 spiro atoms. The quantitative estimate of drug-likeness (QED) is 0.371. The Morgan fingerprint density at radius 1 is 1.16 bits per heavy atom. The van der Waals surface area contributed by atoms with Crippen molar-refractivity contribution in [3.8, 4) is 23.0 Å². The van der Waals surface area contributed by atoms with Crippen LogP contribution in [0.2, 0.25) is 0 Å². The predicted molar refractivity (Wildman–Crippen MR) is 135 cm³/mol. The first-order valence-corrected chi connectivity index (χ1v) is 13.1. The zero-order valence-corrected chi connectivity index (χ0v) is 21.3. The molecule has 5 rings (SSSR count). The van der Waals surface area contributed by atoms with Gasteiger partial charge in [0.15, 0.2) is 16.5 Å². The number of methoxy groups -OCH3 is 1. The molecule has 194 valence electrons. The molecule has 1 aromatic carbocycles. The van der Waals surface area contributed by atoms with Gasteiger partial charge in [-0.05, 0) is 51.1 Å². The summed E-state index contributed by atoms with van der Waals surface area (Å²) in [4.78, 5) is 15.2. The minimum absolute atomic E-state index is 0.00445. The second kappa shape index (κ2) is 9.90. The van der Waals surface area contributed by atoms with Crippen molar-refractivity contribution < 1.29 is 22.3 Å². The number of aryl methyl sites for hydroxylation is 1. The van der Waals surface area contributed by atoms with E-state index < -0.39 is 15.8 Å². The van der Waals surface area contributed by atoms with Gasteiger partial charge in [0, 0.05) is 30.9 Å². The predicted octanol–water partition coefficient (Wildman–Crippen LogP) is 3.14. The fourth-order valence-corrected chi connectivity index (χ4v) is 5.14. The maximum absolute atomic E-state index is 15.1. The highest BCUT2D eigenvalue weighted by atomic mass is 32.2. The number of aromatic nitrogens is 5. The third kappa shape index (κ3) is 5.18. The molecule has 0 amide bonds. The van der Waals surface area contributed by atoms with E-state index in [1.54, 1.807) is 0 Å². The maximum Gasteiger partial charge on any atom is 0.279 e. The largest absolute Gasteiger partial charge is 0.497 e. The van der Waals surface area contributed by atoms with Gasteiger partial charge in [-0.2, -0.15) is 18.5 Å². The van der Waals surface area contributed by atoms with Crippen molar-refractivity contribution in [1.29, 1.82) is 0 Å². The molecule has 4 heterocycles. The van der Waals surface area contributed by atoms with Gasteiger partial charge in [-0.15, -0.1) is 0 Å². The van der Waals surface area contributed by atoms with Crippen LogP contribution in [0.4, 0.5) is 10.1 Å². The van der Waals surface area contributed by atoms with Gasteiger partial charge >= 0.3 is 0 Å². The maximum atomic E-state index is 15.1. The molecule has 0 saturated carbocycles. The molecule has 0 radical (unpaired) electrons. The molecular weight excluding hydrogens is 501 g/mol. The van der Waals surface area contributed by atoms with Gasteiger partial charge in [-0.25, -0.2) is 14.4 Å². The van der Waals surface area contributed by atoms with E-state index in [-0.39, 0.29) is 22.6 Å². The van der Waals surface area contributed by atoms with Crippen molar-refractivity contribution in [2.24, 2.45) is 0 Å². The molecule has 11 nitrogen and oxygen atoms in total. The Balaban J connectivity index is 1.44. The number of pyridine rings is 1. The number of likely N-dealkylation sites (tertiary alicyclic amines) is 1. The Bertz CT molecular complexity index is 1550. The number of benzene rings is 1. The topological polar surface area (TPSA) is 135 Å². The highest BCUT2D eigenvalue weighted by Gasteiger charge is 2.23. The Labute approximate surface area is 213 Å². The lowest BCUT2D eigenvalue weighted by Crippen LogP contribution is -2.35. The summed E-state index contributed by atoms with van der Waals surface area (Å²) in [5.74, 6) is 0.120. The minimum Gasteiger partial charge on any atom is -0.497 e. The number of hydrogen-bond acceptors (Lipinski definition) is 9. The van der Waals surface area contributed by atoms with Crippen molar-refractivity contribution in [3.05, 3.63) is 48.0 Å². The lowest BCUT2D eigenvalue weighted by molar-refractivity contribution is 0.111. The number of halogens is 1. The van der Waals surface area contributed by atoms with E-state index in [4.69, 9.17) is 9.47 Å². The molecule has 0 unspecified atom stereocenters. The number of H-pyrrole nitrogens is 1. The zero-order valence-electron chi connectivity index (χ0n) is 20.5. The van der Waals surface area contributed by atoms with Crippen LogP contribution in [0.5, 0.6) is 11.6 Å². The monoisotopic (exact) mass is 527 g/mol. The van der Waals surface area contributed by atoms with E-state index in [1.165, 1.54) is 43.6 Å². The van der Waals surface area contributed by atoms with Gasteiger partial charge < -0.3 is 14.4 Å². The molecule has 1 aliphatic rings. The lowest BCUT2D eigenvalue weighted by Gasteiger charge is -2.29. The lowest BCUT2D eigenvalue weighted by atomic mass is 10.1. The molecule has 4 aromatic rings. The number of sulfonamides is 1. The summed E-state index contributed by atoms with van der Waals surface area (Å²) < 4.78 is 54.1. The van der Waals surface area contributed by atoms with Crippen LogP contribution >= 0.6 is 0 Å². The second-order valence-corrected chi connectivity index (χ2v) is 10.5. The summed E-state index contributed by atoms with van der Waals surface area (Å²) in [5, 5.41) is 7.49. The first-order valence-electron chi connectivity index (χ1n) is 11.6. The molecule has 1 fully saturated rings. The van der Waals surface area contributed by atoms with Gasteiger partial charge in [-0.3, -0.25) is 9.82 Å². The van der Waals surface area contributed by atoms with Gasteiger partial charge in [-0.1, -0.05) is 0 Å². The summed E-state index contributed by atoms with van der Waals surface area (Å²) in [6.45, 7) is 3.68. The fraction of sp³-hybridized carbons (Fsp3) is 0.333. The molecule has 1 aliphatic heterocycles. The van der Waals surface area contributed by atoms with Gasteiger partial charge in [0.05, 0.1) is 18.5 Å². The number of anilines is 1. The van der Waals surface area contributed by atoms with Crippen LogP contribution < -0.4 is 14.2 Å². The standard InChI is InChI=1S/C24H26FN7O4S/c1-14-21-23(30-29-14)27-22(28-24(21)36-16-7-10-32(2)11-8-16)15-4-5-19(18(25)12-15)31-37(33,34)20-13-17(35-3)6-9-26-20/h4-6,9,12-13,16,31H,7-8,10-11H2,1-3H3,(H,27,28,29,30). The van der Waals surface area contributed by atoms with Crippen LogP contribution in [0, 0.1) is 12.7 Å². The van der Waals surface area contributed by atoms with E-state index in [9.17, 15) is 8.42 Å². The number of nitrogens with one attached hydrogen (secondary N) is 2. The number of piperidine rings is 1. The number of hydrogen-bond donors (Lipinski definition) is 2. The average molecular weight is 528 g/mol. The summed E-state index contributed by atoms with van der Waals surface area (Å²) in [6.07, 6.45) is 3.01. The van der Waals surface area contributed by atoms with Gasteiger partial charge in [0.1, 0.15) is 23.1 Å². The van der Waals surface area contributed by atoms with Crippen molar-refractivity contribution in [2.45, 2.75) is 30.9 Å². The Morgan fingerprint density at radius 2 is 1.95 bits per heavy atom. The summed E-state index contributed by atoms with van der Waals surface area (Å²) in [5.41, 5.74) is 1.28. The van der Waals surface area contributed by atoms with Crippen molar-refractivity contribution in [3.63, 3.8) is 0 Å². The van der Waals surface area contributed by atoms with Crippen LogP contribution in [0.1, 0.15) is 18.5 Å². The molecule has 13 heteroatoms. The molecule has 0 bridgehead atoms. The number of ether oxygens (including phenoxy) is 2. The van der Waals surface area contributed by atoms with Crippen LogP contribution in [0.25, 0.3) is 22.4 Å². The van der Waals surface area contributed by atoms with Gasteiger partial charge in [0.2, 0.25) is 5.88 Å². The minimum atomic E-state index is -4.15. The highest BCUT2D eigenvalue weighted by Crippen LogP contribution is 2.31. The Morgan fingerprint density at radius 3 is 2.68 bits per heavy atom. The van der Waals surface area contributed by atoms with E-state index in [2.05, 4.69) is 41.8 Å². The molecular formula is C24H26FN7O4S. The molecule has 37 heavy (non-hydrogen) atoms. The SMILES string of the molecule is COc1ccnc(S(=O)(=O)Nc2ccc(-c3nc(OC4CCN(C)CC4)c4c(C)n[nH]c4n3)cc2F)c1. The summed E-state index contributed by atoms with van der Waals surface area (Å²) in [7, 11) is -0.667. The van der Waals surface area contributed by atoms with E-state index >= 15 is 4.39 Å². The third-order valence-corrected chi connectivity index (χ3v) is 7.46. The number of rotatable bonds is 7. The van der Waals surface area contributed by atoms with E-state index in [0.717, 1.165) is 25.9 Å². The van der Waals surface area contributed by atoms with Crippen molar-refractivity contribution >= 4 is 26.7 Å². The van der Waals surface area contributed by atoms with E-state index in [0.29, 0.717) is 33.9 Å². The highest BCUT2D eigenvalue weighted by molar-refractivity contribution is 7.92. The Kier molecular flexibility index (Phi) is 6.65. The normalized spacial score (nSPS) is 15.1. The summed E-state index contributed by atoms with van der Waals surface area (Å²) >= 11 is 0. The van der Waals surface area contributed by atoms with Crippen molar-refractivity contribution in [2.75, 3.05) is 32.0 Å². The fourth-order valence-electron chi connectivity index (χ4n) is 4.11. The molecule has 0 atom stereocenters. The second-order valence-electron chi connectivity index (χ2n) is 8.84. The molecule has 2 N–H and O–H groups in total. The smallest absolute Gasteiger partial charge is 0.279 e. The molecule has 0 aliphatic carbocycles. The summed E-state index contributed by atoms with van der Waals surface area (Å²) in [6, 6.07) is 6.77. The molecule has 1 saturated heterocycles. The van der Waals surface area contributed by atoms with Crippen molar-refractivity contribution in [1.82, 2.24) is 30.0 Å². The third-order valence-electron chi connectivity index (χ3n) is 6.20. The van der Waals surface area contributed by atoms with Gasteiger partial charge in [0.25, 0.3) is 10.0 Å². The first-order chi connectivity index (χ1) is 17.7. The van der Waals surface area contributed by atoms with Crippen LogP contribution in [-0.4, -0.2) is 71.8 Å². The van der Waals surface area contributed by atoms with Crippen LogP contribution in [-0.2, 0) is 10.0 Å². The van der Waals surface area contributed by atoms with E-state index in [1.807, 2.05) is 6.92 Å². The Hall–Kier alpha value is -3.84. The number of fused-ring (bicyclic) bond motifs is 1. The number of aromatic amines is 1.